The van der Waals surface area contributed by atoms with Crippen molar-refractivity contribution >= 4 is 11.8 Å². The van der Waals surface area contributed by atoms with E-state index in [0.717, 1.165) is 24.2 Å². The number of hydrogen-bond acceptors (Lipinski definition) is 2. The molecule has 0 unspecified atom stereocenters. The second kappa shape index (κ2) is 8.94. The number of carbonyl (C=O) groups is 2. The predicted octanol–water partition coefficient (Wildman–Crippen LogP) is 6.99. The first kappa shape index (κ1) is 23.8. The third kappa shape index (κ3) is 4.24. The van der Waals surface area contributed by atoms with E-state index in [1.165, 1.54) is 38.5 Å². The van der Waals surface area contributed by atoms with Crippen molar-refractivity contribution in [2.75, 3.05) is 0 Å². The van der Waals surface area contributed by atoms with Gasteiger partial charge in [0.2, 0.25) is 0 Å². The molecular weight excluding hydrogens is 372 g/mol. The summed E-state index contributed by atoms with van der Waals surface area (Å²) >= 11 is 0. The molecule has 3 fully saturated rings. The maximum atomic E-state index is 13.1. The largest absolute Gasteiger partial charge is 0.481 e. The lowest BCUT2D eigenvalue weighted by molar-refractivity contribution is -0.154. The molecule has 0 aromatic heterocycles. The molecule has 0 heterocycles. The maximum absolute atomic E-state index is 13.1. The van der Waals surface area contributed by atoms with Crippen LogP contribution in [-0.2, 0) is 9.59 Å². The standard InChI is InChI=1S/C27H46O3/c1-17(2)8-7-9-18(3)20-10-11-21-25-19(4)16-23(28)27(6,15-13-24(29)30)22(25)12-14-26(20,21)5/h17-22,25H,7-16H2,1-6H3,(H,29,30)/t18-,19+,20-,21+,22+,25+,26-,27-/m1/s1. The molecule has 0 saturated heterocycles. The molecule has 3 aliphatic rings. The van der Waals surface area contributed by atoms with E-state index in [4.69, 9.17) is 0 Å². The Morgan fingerprint density at radius 1 is 1.10 bits per heavy atom. The van der Waals surface area contributed by atoms with Crippen LogP contribution >= 0.6 is 0 Å². The summed E-state index contributed by atoms with van der Waals surface area (Å²) in [6.07, 6.45) is 10.3. The van der Waals surface area contributed by atoms with Crippen LogP contribution in [-0.4, -0.2) is 16.9 Å². The highest BCUT2D eigenvalue weighted by molar-refractivity contribution is 5.86. The van der Waals surface area contributed by atoms with Crippen molar-refractivity contribution < 1.29 is 14.7 Å². The molecular formula is C27H46O3. The number of hydrogen-bond donors (Lipinski definition) is 1. The molecule has 0 bridgehead atoms. The summed E-state index contributed by atoms with van der Waals surface area (Å²) in [6, 6.07) is 0. The summed E-state index contributed by atoms with van der Waals surface area (Å²) < 4.78 is 0. The molecule has 3 rings (SSSR count). The molecule has 0 spiro atoms. The first-order valence-electron chi connectivity index (χ1n) is 12.8. The number of aliphatic carboxylic acids is 1. The summed E-state index contributed by atoms with van der Waals surface area (Å²) in [5.41, 5.74) is -0.0291. The molecule has 1 N–H and O–H groups in total. The molecule has 3 heteroatoms. The van der Waals surface area contributed by atoms with Crippen LogP contribution in [0.1, 0.15) is 106 Å². The lowest BCUT2D eigenvalue weighted by Gasteiger charge is -2.58. The van der Waals surface area contributed by atoms with Gasteiger partial charge < -0.3 is 5.11 Å². The second-order valence-electron chi connectivity index (χ2n) is 12.2. The van der Waals surface area contributed by atoms with E-state index in [1.54, 1.807) is 0 Å². The van der Waals surface area contributed by atoms with Gasteiger partial charge in [0.25, 0.3) is 0 Å². The lowest BCUT2D eigenvalue weighted by atomic mass is 9.45. The highest BCUT2D eigenvalue weighted by Crippen LogP contribution is 2.66. The molecule has 172 valence electrons. The zero-order valence-corrected chi connectivity index (χ0v) is 20.4. The second-order valence-corrected chi connectivity index (χ2v) is 12.2. The highest BCUT2D eigenvalue weighted by atomic mass is 16.4. The van der Waals surface area contributed by atoms with Crippen LogP contribution in [0.25, 0.3) is 0 Å². The fourth-order valence-corrected chi connectivity index (χ4v) is 8.32. The summed E-state index contributed by atoms with van der Waals surface area (Å²) in [6.45, 7) is 14.1. The van der Waals surface area contributed by atoms with Crippen molar-refractivity contribution in [3.05, 3.63) is 0 Å². The first-order valence-corrected chi connectivity index (χ1v) is 12.8. The van der Waals surface area contributed by atoms with Gasteiger partial charge in [0.1, 0.15) is 5.78 Å². The third-order valence-electron chi connectivity index (χ3n) is 10.0. The van der Waals surface area contributed by atoms with Crippen molar-refractivity contribution in [1.29, 1.82) is 0 Å². The zero-order valence-electron chi connectivity index (χ0n) is 20.4. The van der Waals surface area contributed by atoms with E-state index in [1.807, 2.05) is 0 Å². The Kier molecular flexibility index (Phi) is 7.09. The normalized spacial score (nSPS) is 42.1. The van der Waals surface area contributed by atoms with Gasteiger partial charge >= 0.3 is 5.97 Å². The SMILES string of the molecule is CC(C)CCC[C@@H](C)[C@H]1CC[C@H]2[C@@H]3[C@@H](C)CC(=O)[C@](C)(CCC(=O)O)[C@H]3CC[C@]12C. The lowest BCUT2D eigenvalue weighted by Crippen LogP contribution is -2.55. The Balaban J connectivity index is 1.78. The molecule has 0 aromatic rings. The van der Waals surface area contributed by atoms with E-state index in [2.05, 4.69) is 41.5 Å². The van der Waals surface area contributed by atoms with Gasteiger partial charge in [0, 0.05) is 18.3 Å². The Morgan fingerprint density at radius 3 is 2.43 bits per heavy atom. The van der Waals surface area contributed by atoms with Gasteiger partial charge in [0.05, 0.1) is 0 Å². The van der Waals surface area contributed by atoms with Crippen molar-refractivity contribution in [2.45, 2.75) is 106 Å². The molecule has 0 amide bonds. The fourth-order valence-electron chi connectivity index (χ4n) is 8.32. The van der Waals surface area contributed by atoms with E-state index in [9.17, 15) is 14.7 Å². The monoisotopic (exact) mass is 418 g/mol. The van der Waals surface area contributed by atoms with Crippen LogP contribution in [0.15, 0.2) is 0 Å². The summed E-state index contributed by atoms with van der Waals surface area (Å²) in [5.74, 6) is 4.08. The van der Waals surface area contributed by atoms with Crippen LogP contribution < -0.4 is 0 Å². The molecule has 0 aliphatic heterocycles. The molecule has 3 nitrogen and oxygen atoms in total. The Hall–Kier alpha value is -0.860. The van der Waals surface area contributed by atoms with Crippen LogP contribution in [0.5, 0.6) is 0 Å². The van der Waals surface area contributed by atoms with E-state index >= 15 is 0 Å². The topological polar surface area (TPSA) is 54.4 Å². The van der Waals surface area contributed by atoms with E-state index in [-0.39, 0.29) is 6.42 Å². The minimum Gasteiger partial charge on any atom is -0.481 e. The molecule has 0 radical (unpaired) electrons. The number of carboxylic acid groups (broad SMARTS) is 1. The zero-order chi connectivity index (χ0) is 22.3. The minimum absolute atomic E-state index is 0.122. The third-order valence-corrected chi connectivity index (χ3v) is 10.0. The molecule has 3 saturated carbocycles. The number of ketones is 1. The van der Waals surface area contributed by atoms with Gasteiger partial charge in [0.15, 0.2) is 0 Å². The van der Waals surface area contributed by atoms with Crippen molar-refractivity contribution in [2.24, 2.45) is 52.3 Å². The van der Waals surface area contributed by atoms with Gasteiger partial charge in [-0.25, -0.2) is 0 Å². The highest BCUT2D eigenvalue weighted by Gasteiger charge is 2.61. The Morgan fingerprint density at radius 2 is 1.80 bits per heavy atom. The number of rotatable bonds is 8. The van der Waals surface area contributed by atoms with Gasteiger partial charge in [-0.15, -0.1) is 0 Å². The number of carbonyl (C=O) groups excluding carboxylic acids is 1. The Bertz CT molecular complexity index is 640. The summed E-state index contributed by atoms with van der Waals surface area (Å²) in [4.78, 5) is 24.4. The van der Waals surface area contributed by atoms with Crippen molar-refractivity contribution in [3.63, 3.8) is 0 Å². The summed E-state index contributed by atoms with van der Waals surface area (Å²) in [7, 11) is 0. The van der Waals surface area contributed by atoms with Gasteiger partial charge in [-0.05, 0) is 78.9 Å². The molecule has 30 heavy (non-hydrogen) atoms. The summed E-state index contributed by atoms with van der Waals surface area (Å²) in [5, 5.41) is 9.27. The molecule has 3 aliphatic carbocycles. The van der Waals surface area contributed by atoms with Gasteiger partial charge in [-0.2, -0.15) is 0 Å². The average molecular weight is 419 g/mol. The molecule has 0 aromatic carbocycles. The Labute approximate surface area is 184 Å². The van der Waals surface area contributed by atoms with Crippen LogP contribution in [0, 0.1) is 52.3 Å². The fraction of sp³-hybridized carbons (Fsp3) is 0.926. The van der Waals surface area contributed by atoms with Crippen LogP contribution in [0.4, 0.5) is 0 Å². The smallest absolute Gasteiger partial charge is 0.303 e. The molecule has 8 atom stereocenters. The predicted molar refractivity (Wildman–Crippen MR) is 122 cm³/mol. The van der Waals surface area contributed by atoms with E-state index in [0.29, 0.717) is 47.7 Å². The van der Waals surface area contributed by atoms with E-state index < -0.39 is 11.4 Å². The van der Waals surface area contributed by atoms with Crippen molar-refractivity contribution in [3.8, 4) is 0 Å². The average Bonchev–Trinajstić information content (AvgIpc) is 3.01. The number of carboxylic acids is 1. The van der Waals surface area contributed by atoms with Crippen LogP contribution in [0.3, 0.4) is 0 Å². The number of Topliss-reactive ketones (excluding diaryl/α,β-unsaturated/α-hetero) is 1. The van der Waals surface area contributed by atoms with Gasteiger partial charge in [-0.1, -0.05) is 60.8 Å². The first-order chi connectivity index (χ1) is 14.0. The van der Waals surface area contributed by atoms with Crippen LogP contribution in [0.2, 0.25) is 0 Å². The quantitative estimate of drug-likeness (QED) is 0.462. The maximum Gasteiger partial charge on any atom is 0.303 e. The van der Waals surface area contributed by atoms with Gasteiger partial charge in [-0.3, -0.25) is 9.59 Å². The van der Waals surface area contributed by atoms with Crippen molar-refractivity contribution in [1.82, 2.24) is 0 Å². The minimum atomic E-state index is -0.768. The number of fused-ring (bicyclic) bond motifs is 3.